The third-order valence-corrected chi connectivity index (χ3v) is 3.02. The molecule has 0 amide bonds. The molecule has 104 valence electrons. The van der Waals surface area contributed by atoms with E-state index in [-0.39, 0.29) is 18.6 Å². The second-order valence-corrected chi connectivity index (χ2v) is 4.17. The second-order valence-electron chi connectivity index (χ2n) is 4.17. The van der Waals surface area contributed by atoms with Gasteiger partial charge in [0.15, 0.2) is 0 Å². The monoisotopic (exact) mass is 277 g/mol. The molecular weight excluding hydrogens is 266 g/mol. The number of azide groups is 1. The lowest BCUT2D eigenvalue weighted by atomic mass is 10.1. The van der Waals surface area contributed by atoms with Gasteiger partial charge >= 0.3 is 5.69 Å². The van der Waals surface area contributed by atoms with Gasteiger partial charge in [0.2, 0.25) is 0 Å². The molecule has 0 aromatic carbocycles. The summed E-state index contributed by atoms with van der Waals surface area (Å²) < 4.78 is 6.56. The minimum absolute atomic E-state index is 0.0130. The molecule has 1 aromatic rings. The predicted molar refractivity (Wildman–Crippen MR) is 67.8 cm³/mol. The largest absolute Gasteiger partial charge is 0.394 e. The molecule has 1 unspecified atom stereocenters. The van der Waals surface area contributed by atoms with Crippen molar-refractivity contribution in [2.75, 3.05) is 6.61 Å². The topological polar surface area (TPSA) is 133 Å². The maximum atomic E-state index is 11.7. The number of rotatable bonds is 3. The van der Waals surface area contributed by atoms with Crippen molar-refractivity contribution in [3.05, 3.63) is 43.0 Å². The Morgan fingerprint density at radius 3 is 3.05 bits per heavy atom. The molecule has 0 bridgehead atoms. The van der Waals surface area contributed by atoms with Gasteiger partial charge < -0.3 is 9.84 Å². The minimum Gasteiger partial charge on any atom is -0.394 e. The molecule has 0 spiro atoms. The number of nitrogens with zero attached hydrogens (tertiary/aromatic N) is 4. The first kappa shape index (κ1) is 13.9. The van der Waals surface area contributed by atoms with Crippen molar-refractivity contribution in [3.8, 4) is 12.3 Å². The van der Waals surface area contributed by atoms with Crippen LogP contribution in [0.4, 0.5) is 0 Å². The first-order chi connectivity index (χ1) is 9.60. The lowest BCUT2D eigenvalue weighted by Gasteiger charge is -2.14. The number of aliphatic hydroxyl groups is 1. The molecule has 2 heterocycles. The van der Waals surface area contributed by atoms with E-state index in [1.165, 1.54) is 6.20 Å². The van der Waals surface area contributed by atoms with E-state index < -0.39 is 29.6 Å². The number of ether oxygens (including phenoxy) is 1. The third-order valence-electron chi connectivity index (χ3n) is 3.02. The van der Waals surface area contributed by atoms with Crippen molar-refractivity contribution in [1.29, 1.82) is 0 Å². The number of terminal acetylenes is 1. The second kappa shape index (κ2) is 5.63. The van der Waals surface area contributed by atoms with Crippen molar-refractivity contribution in [1.82, 2.24) is 9.55 Å². The summed E-state index contributed by atoms with van der Waals surface area (Å²) in [5, 5.41) is 12.7. The fourth-order valence-corrected chi connectivity index (χ4v) is 2.04. The Hall–Kier alpha value is -2.53. The van der Waals surface area contributed by atoms with Gasteiger partial charge in [-0.25, -0.2) is 4.79 Å². The zero-order chi connectivity index (χ0) is 14.7. The zero-order valence-electron chi connectivity index (χ0n) is 10.3. The molecule has 1 fully saturated rings. The van der Waals surface area contributed by atoms with E-state index in [2.05, 4.69) is 20.9 Å². The quantitative estimate of drug-likeness (QED) is 0.332. The minimum atomic E-state index is -0.765. The Bertz CT molecular complexity index is 709. The maximum Gasteiger partial charge on any atom is 0.330 e. The van der Waals surface area contributed by atoms with Gasteiger partial charge in [-0.3, -0.25) is 14.3 Å². The molecule has 9 heteroatoms. The van der Waals surface area contributed by atoms with Crippen LogP contribution < -0.4 is 11.2 Å². The number of aliphatic hydroxyl groups excluding tert-OH is 1. The molecule has 1 saturated heterocycles. The highest BCUT2D eigenvalue weighted by atomic mass is 16.5. The number of aromatic amines is 1. The van der Waals surface area contributed by atoms with Crippen LogP contribution in [0.2, 0.25) is 0 Å². The Labute approximate surface area is 112 Å². The van der Waals surface area contributed by atoms with Crippen molar-refractivity contribution >= 4 is 0 Å². The highest BCUT2D eigenvalue weighted by molar-refractivity contribution is 5.26. The molecule has 20 heavy (non-hydrogen) atoms. The molecular formula is C11H11N5O4. The van der Waals surface area contributed by atoms with E-state index in [0.717, 1.165) is 4.57 Å². The van der Waals surface area contributed by atoms with Gasteiger partial charge in [-0.05, 0) is 5.53 Å². The van der Waals surface area contributed by atoms with Crippen LogP contribution >= 0.6 is 0 Å². The molecule has 2 rings (SSSR count). The Kier molecular flexibility index (Phi) is 3.91. The number of hydrogen-bond acceptors (Lipinski definition) is 5. The molecule has 1 aliphatic heterocycles. The normalized spacial score (nSPS) is 24.9. The van der Waals surface area contributed by atoms with Crippen LogP contribution in [0, 0.1) is 12.3 Å². The summed E-state index contributed by atoms with van der Waals surface area (Å²) in [7, 11) is 0. The summed E-state index contributed by atoms with van der Waals surface area (Å²) in [6, 6.07) is -0.594. The fourth-order valence-electron chi connectivity index (χ4n) is 2.04. The number of nitrogens with one attached hydrogen (secondary N) is 1. The van der Waals surface area contributed by atoms with Crippen LogP contribution in [0.5, 0.6) is 0 Å². The SMILES string of the molecule is C#Cc1cn([C@H]2CC(N=[N+]=[N-])[C@@H](CO)O2)c(=O)[nH]c1=O. The summed E-state index contributed by atoms with van der Waals surface area (Å²) in [4.78, 5) is 27.9. The van der Waals surface area contributed by atoms with Gasteiger partial charge in [0, 0.05) is 17.5 Å². The lowest BCUT2D eigenvalue weighted by molar-refractivity contribution is -0.0271. The van der Waals surface area contributed by atoms with Crippen LogP contribution in [-0.4, -0.2) is 33.4 Å². The molecule has 1 aromatic heterocycles. The lowest BCUT2D eigenvalue weighted by Crippen LogP contribution is -2.33. The number of aromatic nitrogens is 2. The standard InChI is InChI=1S/C11H11N5O4/c1-2-6-4-16(11(19)13-10(6)18)9-3-7(14-15-12)8(5-17)20-9/h1,4,7-9,17H,3,5H2,(H,13,18,19)/t7?,8-,9-/m1/s1. The van der Waals surface area contributed by atoms with Gasteiger partial charge in [0.05, 0.1) is 18.8 Å². The van der Waals surface area contributed by atoms with E-state index in [9.17, 15) is 9.59 Å². The van der Waals surface area contributed by atoms with Crippen molar-refractivity contribution in [3.63, 3.8) is 0 Å². The Balaban J connectivity index is 2.39. The van der Waals surface area contributed by atoms with E-state index in [1.54, 1.807) is 0 Å². The van der Waals surface area contributed by atoms with E-state index in [4.69, 9.17) is 21.8 Å². The third kappa shape index (κ3) is 2.44. The molecule has 2 N–H and O–H groups in total. The van der Waals surface area contributed by atoms with Gasteiger partial charge in [-0.2, -0.15) is 0 Å². The summed E-state index contributed by atoms with van der Waals surface area (Å²) in [6.45, 7) is -0.347. The summed E-state index contributed by atoms with van der Waals surface area (Å²) in [5.74, 6) is 2.16. The van der Waals surface area contributed by atoms with Crippen molar-refractivity contribution in [2.24, 2.45) is 5.11 Å². The highest BCUT2D eigenvalue weighted by Crippen LogP contribution is 2.29. The summed E-state index contributed by atoms with van der Waals surface area (Å²) in [6.07, 6.45) is 5.10. The van der Waals surface area contributed by atoms with Crippen LogP contribution in [0.15, 0.2) is 20.9 Å². The van der Waals surface area contributed by atoms with Gasteiger partial charge in [0.1, 0.15) is 11.8 Å². The molecule has 0 aliphatic carbocycles. The van der Waals surface area contributed by atoms with Crippen LogP contribution in [0.3, 0.4) is 0 Å². The van der Waals surface area contributed by atoms with Gasteiger partial charge in [-0.1, -0.05) is 11.0 Å². The Morgan fingerprint density at radius 2 is 2.45 bits per heavy atom. The Morgan fingerprint density at radius 1 is 1.70 bits per heavy atom. The van der Waals surface area contributed by atoms with E-state index in [1.807, 2.05) is 0 Å². The van der Waals surface area contributed by atoms with Crippen molar-refractivity contribution < 1.29 is 9.84 Å². The fraction of sp³-hybridized carbons (Fsp3) is 0.455. The van der Waals surface area contributed by atoms with Gasteiger partial charge in [-0.15, -0.1) is 6.42 Å². The van der Waals surface area contributed by atoms with Crippen LogP contribution in [0.25, 0.3) is 10.4 Å². The smallest absolute Gasteiger partial charge is 0.330 e. The maximum absolute atomic E-state index is 11.7. The molecule has 0 saturated carbocycles. The molecule has 0 radical (unpaired) electrons. The summed E-state index contributed by atoms with van der Waals surface area (Å²) >= 11 is 0. The van der Waals surface area contributed by atoms with Crippen LogP contribution in [-0.2, 0) is 4.74 Å². The average Bonchev–Trinajstić information content (AvgIpc) is 2.82. The summed E-state index contributed by atoms with van der Waals surface area (Å²) in [5.41, 5.74) is 7.10. The van der Waals surface area contributed by atoms with Crippen molar-refractivity contribution in [2.45, 2.75) is 24.8 Å². The molecule has 3 atom stereocenters. The first-order valence-corrected chi connectivity index (χ1v) is 5.73. The molecule has 9 nitrogen and oxygen atoms in total. The van der Waals surface area contributed by atoms with E-state index >= 15 is 0 Å². The van der Waals surface area contributed by atoms with E-state index in [0.29, 0.717) is 0 Å². The highest BCUT2D eigenvalue weighted by Gasteiger charge is 2.35. The number of H-pyrrole nitrogens is 1. The van der Waals surface area contributed by atoms with Gasteiger partial charge in [0.25, 0.3) is 5.56 Å². The zero-order valence-corrected chi connectivity index (χ0v) is 10.3. The molecule has 1 aliphatic rings. The average molecular weight is 277 g/mol. The number of hydrogen-bond donors (Lipinski definition) is 2. The predicted octanol–water partition coefficient (Wildman–Crippen LogP) is -0.523. The van der Waals surface area contributed by atoms with Crippen LogP contribution in [0.1, 0.15) is 18.2 Å². The first-order valence-electron chi connectivity index (χ1n) is 5.73.